The summed E-state index contributed by atoms with van der Waals surface area (Å²) in [6, 6.07) is 8.49. The number of benzene rings is 2. The molecule has 3 aromatic rings. The predicted molar refractivity (Wildman–Crippen MR) is 93.1 cm³/mol. The zero-order chi connectivity index (χ0) is 18.4. The molecule has 27 heavy (non-hydrogen) atoms. The minimum Gasteiger partial charge on any atom is -0.376 e. The van der Waals surface area contributed by atoms with Crippen LogP contribution in [0.1, 0.15) is 34.7 Å². The fourth-order valence-corrected chi connectivity index (χ4v) is 5.09. The molecule has 1 aliphatic carbocycles. The van der Waals surface area contributed by atoms with E-state index in [2.05, 4.69) is 15.6 Å². The molecule has 1 saturated heterocycles. The normalized spacial score (nSPS) is 27.6. The molecule has 4 unspecified atom stereocenters. The number of imide groups is 1. The lowest BCUT2D eigenvalue weighted by atomic mass is 9.68. The highest BCUT2D eigenvalue weighted by atomic mass is 19.1. The molecule has 2 aliphatic heterocycles. The highest BCUT2D eigenvalue weighted by molar-refractivity contribution is 6.11. The van der Waals surface area contributed by atoms with E-state index >= 15 is 0 Å². The van der Waals surface area contributed by atoms with Crippen molar-refractivity contribution >= 4 is 28.4 Å². The van der Waals surface area contributed by atoms with E-state index < -0.39 is 17.7 Å². The van der Waals surface area contributed by atoms with Gasteiger partial charge >= 0.3 is 0 Å². The minimum atomic E-state index is -0.722. The lowest BCUT2D eigenvalue weighted by molar-refractivity contribution is -0.126. The van der Waals surface area contributed by atoms with Gasteiger partial charge in [0.2, 0.25) is 11.8 Å². The van der Waals surface area contributed by atoms with Crippen molar-refractivity contribution in [1.29, 1.82) is 0 Å². The second-order valence-corrected chi connectivity index (χ2v) is 7.38. The van der Waals surface area contributed by atoms with Crippen LogP contribution in [-0.2, 0) is 9.59 Å². The smallest absolute Gasteiger partial charge is 0.235 e. The third-order valence-electron chi connectivity index (χ3n) is 6.07. The van der Waals surface area contributed by atoms with Crippen LogP contribution in [0.4, 0.5) is 14.5 Å². The Morgan fingerprint density at radius 2 is 1.67 bits per heavy atom. The van der Waals surface area contributed by atoms with Crippen molar-refractivity contribution in [3.8, 4) is 0 Å². The number of carbonyl (C=O) groups is 2. The summed E-state index contributed by atoms with van der Waals surface area (Å²) in [7, 11) is 0. The predicted octanol–water partition coefficient (Wildman–Crippen LogP) is 3.07. The van der Waals surface area contributed by atoms with E-state index in [1.165, 1.54) is 24.3 Å². The Balaban J connectivity index is 1.67. The van der Waals surface area contributed by atoms with Crippen LogP contribution in [-0.4, -0.2) is 16.8 Å². The fourth-order valence-electron chi connectivity index (χ4n) is 5.09. The summed E-state index contributed by atoms with van der Waals surface area (Å²) >= 11 is 0. The molecule has 3 N–H and O–H groups in total. The quantitative estimate of drug-likeness (QED) is 0.536. The first-order chi connectivity index (χ1) is 13.0. The van der Waals surface area contributed by atoms with Crippen LogP contribution < -0.4 is 10.6 Å². The van der Waals surface area contributed by atoms with E-state index in [4.69, 9.17) is 0 Å². The number of hydrogen-bond donors (Lipinski definition) is 3. The molecule has 4 atom stereocenters. The van der Waals surface area contributed by atoms with E-state index in [1.54, 1.807) is 12.1 Å². The Morgan fingerprint density at radius 3 is 2.52 bits per heavy atom. The maximum atomic E-state index is 13.9. The van der Waals surface area contributed by atoms with E-state index in [9.17, 15) is 18.4 Å². The number of anilines is 1. The number of amides is 2. The van der Waals surface area contributed by atoms with Gasteiger partial charge in [0.05, 0.1) is 17.9 Å². The molecule has 134 valence electrons. The summed E-state index contributed by atoms with van der Waals surface area (Å²) < 4.78 is 27.8. The summed E-state index contributed by atoms with van der Waals surface area (Å²) in [5, 5.41) is 6.38. The molecule has 0 bridgehead atoms. The maximum Gasteiger partial charge on any atom is 0.235 e. The summed E-state index contributed by atoms with van der Waals surface area (Å²) in [6.45, 7) is 0. The molecular formula is C20H13F2N3O2. The molecule has 3 aliphatic rings. The third kappa shape index (κ3) is 1.76. The molecule has 7 heteroatoms. The summed E-state index contributed by atoms with van der Waals surface area (Å²) in [6.07, 6.45) is 0. The van der Waals surface area contributed by atoms with Crippen molar-refractivity contribution in [1.82, 2.24) is 10.3 Å². The van der Waals surface area contributed by atoms with Crippen molar-refractivity contribution in [3.05, 3.63) is 64.9 Å². The van der Waals surface area contributed by atoms with Gasteiger partial charge in [-0.25, -0.2) is 8.78 Å². The monoisotopic (exact) mass is 365 g/mol. The van der Waals surface area contributed by atoms with Gasteiger partial charge in [0, 0.05) is 28.2 Å². The lowest BCUT2D eigenvalue weighted by Gasteiger charge is -2.33. The second kappa shape index (κ2) is 4.73. The van der Waals surface area contributed by atoms with Gasteiger partial charge in [0.1, 0.15) is 11.6 Å². The van der Waals surface area contributed by atoms with Crippen molar-refractivity contribution < 1.29 is 18.4 Å². The molecule has 2 aromatic carbocycles. The first-order valence-corrected chi connectivity index (χ1v) is 8.74. The van der Waals surface area contributed by atoms with Crippen LogP contribution >= 0.6 is 0 Å². The third-order valence-corrected chi connectivity index (χ3v) is 6.07. The molecular weight excluding hydrogens is 352 g/mol. The summed E-state index contributed by atoms with van der Waals surface area (Å²) in [4.78, 5) is 28.6. The average molecular weight is 365 g/mol. The van der Waals surface area contributed by atoms with Crippen LogP contribution in [0.15, 0.2) is 36.4 Å². The number of aromatic nitrogens is 1. The molecule has 0 radical (unpaired) electrons. The maximum absolute atomic E-state index is 13.9. The molecule has 1 aromatic heterocycles. The van der Waals surface area contributed by atoms with Gasteiger partial charge in [-0.1, -0.05) is 0 Å². The van der Waals surface area contributed by atoms with Gasteiger partial charge in [0.25, 0.3) is 0 Å². The number of nitrogens with one attached hydrogen (secondary N) is 3. The molecule has 3 heterocycles. The number of aromatic amines is 1. The van der Waals surface area contributed by atoms with Crippen LogP contribution in [0, 0.1) is 17.6 Å². The number of fused-ring (bicyclic) bond motifs is 10. The summed E-state index contributed by atoms with van der Waals surface area (Å²) in [5.41, 5.74) is 3.55. The van der Waals surface area contributed by atoms with E-state index in [-0.39, 0.29) is 29.6 Å². The number of hydrogen-bond acceptors (Lipinski definition) is 3. The van der Waals surface area contributed by atoms with Gasteiger partial charge < -0.3 is 10.3 Å². The minimum absolute atomic E-state index is 0.315. The van der Waals surface area contributed by atoms with Crippen LogP contribution in [0.25, 0.3) is 10.9 Å². The highest BCUT2D eigenvalue weighted by Crippen LogP contribution is 2.59. The van der Waals surface area contributed by atoms with Gasteiger partial charge in [0.15, 0.2) is 0 Å². The Labute approximate surface area is 151 Å². The molecule has 1 fully saturated rings. The Hall–Kier alpha value is -3.22. The van der Waals surface area contributed by atoms with Crippen molar-refractivity contribution in [2.75, 3.05) is 5.32 Å². The number of H-pyrrole nitrogens is 1. The zero-order valence-corrected chi connectivity index (χ0v) is 13.8. The van der Waals surface area contributed by atoms with Crippen molar-refractivity contribution in [2.24, 2.45) is 5.92 Å². The van der Waals surface area contributed by atoms with Crippen molar-refractivity contribution in [3.63, 3.8) is 0 Å². The number of rotatable bonds is 0. The van der Waals surface area contributed by atoms with Gasteiger partial charge in [-0.2, -0.15) is 0 Å². The first kappa shape index (κ1) is 14.9. The Morgan fingerprint density at radius 1 is 0.889 bits per heavy atom. The summed E-state index contributed by atoms with van der Waals surface area (Å²) in [5.74, 6) is -3.31. The Kier molecular flexibility index (Phi) is 2.61. The largest absolute Gasteiger partial charge is 0.376 e. The molecule has 5 nitrogen and oxygen atoms in total. The average Bonchev–Trinajstić information content (AvgIpc) is 3.26. The van der Waals surface area contributed by atoms with E-state index in [0.717, 1.165) is 11.4 Å². The van der Waals surface area contributed by atoms with Gasteiger partial charge in [-0.05, 0) is 47.5 Å². The van der Waals surface area contributed by atoms with Crippen LogP contribution in [0.5, 0.6) is 0 Å². The molecule has 0 saturated carbocycles. The SMILES string of the molecule is O=C1NC(=O)C2C1c1c([nH]c3ccc(F)cc13)C1Nc3ccc(F)cc3C12. The molecule has 0 spiro atoms. The van der Waals surface area contributed by atoms with Gasteiger partial charge in [-0.3, -0.25) is 14.9 Å². The fraction of sp³-hybridized carbons (Fsp3) is 0.200. The zero-order valence-electron chi connectivity index (χ0n) is 13.8. The molecule has 2 amide bonds. The Bertz CT molecular complexity index is 1190. The second-order valence-electron chi connectivity index (χ2n) is 7.38. The number of carbonyl (C=O) groups excluding carboxylic acids is 2. The standard InChI is InChI=1S/C20H13F2N3O2/c21-7-1-3-11-9(5-7)13-15-16(20(27)25-19(15)26)14-10-6-8(22)2-4-12(10)24-18(14)17(13)23-11/h1-6,13,15-17,23-24H,(H,25,26,27). The van der Waals surface area contributed by atoms with E-state index in [1.807, 2.05) is 0 Å². The van der Waals surface area contributed by atoms with Gasteiger partial charge in [-0.15, -0.1) is 0 Å². The van der Waals surface area contributed by atoms with Crippen molar-refractivity contribution in [2.45, 2.75) is 17.9 Å². The highest BCUT2D eigenvalue weighted by Gasteiger charge is 2.57. The molecule has 6 rings (SSSR count). The lowest BCUT2D eigenvalue weighted by Crippen LogP contribution is -2.33. The van der Waals surface area contributed by atoms with E-state index in [0.29, 0.717) is 22.0 Å². The van der Waals surface area contributed by atoms with Crippen LogP contribution in [0.3, 0.4) is 0 Å². The first-order valence-electron chi connectivity index (χ1n) is 8.74. The van der Waals surface area contributed by atoms with Crippen LogP contribution in [0.2, 0.25) is 0 Å². The topological polar surface area (TPSA) is 74.0 Å². The number of halogens is 2.